The first-order valence-corrected chi connectivity index (χ1v) is 10.0. The van der Waals surface area contributed by atoms with Crippen LogP contribution < -0.4 is 11.2 Å². The molecule has 0 saturated carbocycles. The van der Waals surface area contributed by atoms with E-state index >= 15 is 0 Å². The van der Waals surface area contributed by atoms with Gasteiger partial charge >= 0.3 is 11.7 Å². The SMILES string of the molecule is CCCCCn1c(-n2nc(C)c(C)c2C)nc2c1c(=O)n(CC(=O)OC)c(=O)n2C. The first kappa shape index (κ1) is 21.5. The van der Waals surface area contributed by atoms with Gasteiger partial charge in [0, 0.05) is 19.3 Å². The van der Waals surface area contributed by atoms with Crippen LogP contribution in [-0.4, -0.2) is 41.5 Å². The van der Waals surface area contributed by atoms with Crippen LogP contribution in [-0.2, 0) is 29.7 Å². The van der Waals surface area contributed by atoms with Gasteiger partial charge in [-0.05, 0) is 32.8 Å². The van der Waals surface area contributed by atoms with Crippen molar-refractivity contribution in [3.05, 3.63) is 37.8 Å². The van der Waals surface area contributed by atoms with Crippen molar-refractivity contribution in [2.24, 2.45) is 7.05 Å². The highest BCUT2D eigenvalue weighted by Crippen LogP contribution is 2.20. The van der Waals surface area contributed by atoms with Crippen molar-refractivity contribution >= 4 is 17.1 Å². The molecule has 0 fully saturated rings. The summed E-state index contributed by atoms with van der Waals surface area (Å²) < 4.78 is 10.3. The molecule has 0 aliphatic heterocycles. The zero-order valence-electron chi connectivity index (χ0n) is 18.4. The predicted molar refractivity (Wildman–Crippen MR) is 112 cm³/mol. The Morgan fingerprint density at radius 3 is 2.37 bits per heavy atom. The normalized spacial score (nSPS) is 11.4. The van der Waals surface area contributed by atoms with Gasteiger partial charge in [-0.15, -0.1) is 0 Å². The van der Waals surface area contributed by atoms with Gasteiger partial charge in [0.15, 0.2) is 11.2 Å². The predicted octanol–water partition coefficient (Wildman–Crippen LogP) is 1.37. The summed E-state index contributed by atoms with van der Waals surface area (Å²) in [7, 11) is 2.76. The van der Waals surface area contributed by atoms with E-state index < -0.39 is 23.8 Å². The molecule has 162 valence electrons. The number of fused-ring (bicyclic) bond motifs is 1. The number of carbonyl (C=O) groups excluding carboxylic acids is 1. The highest BCUT2D eigenvalue weighted by molar-refractivity contribution is 5.74. The van der Waals surface area contributed by atoms with Crippen molar-refractivity contribution in [3.8, 4) is 5.95 Å². The minimum Gasteiger partial charge on any atom is -0.468 e. The molecule has 0 aliphatic carbocycles. The smallest absolute Gasteiger partial charge is 0.333 e. The third-order valence-electron chi connectivity index (χ3n) is 5.56. The van der Waals surface area contributed by atoms with E-state index in [4.69, 9.17) is 0 Å². The molecule has 10 heteroatoms. The summed E-state index contributed by atoms with van der Waals surface area (Å²) in [4.78, 5) is 42.4. The van der Waals surface area contributed by atoms with Crippen molar-refractivity contribution in [1.82, 2.24) is 28.5 Å². The second kappa shape index (κ2) is 8.29. The largest absolute Gasteiger partial charge is 0.468 e. The number of hydrogen-bond donors (Lipinski definition) is 0. The summed E-state index contributed by atoms with van der Waals surface area (Å²) in [6.07, 6.45) is 2.84. The van der Waals surface area contributed by atoms with Gasteiger partial charge in [-0.25, -0.2) is 14.0 Å². The summed E-state index contributed by atoms with van der Waals surface area (Å²) >= 11 is 0. The number of rotatable bonds is 7. The Labute approximate surface area is 173 Å². The zero-order chi connectivity index (χ0) is 22.2. The Morgan fingerprint density at radius 1 is 1.10 bits per heavy atom. The van der Waals surface area contributed by atoms with Gasteiger partial charge in [-0.1, -0.05) is 19.8 Å². The second-order valence-corrected chi connectivity index (χ2v) is 7.46. The molecule has 10 nitrogen and oxygen atoms in total. The number of aromatic nitrogens is 6. The average molecular weight is 416 g/mol. The monoisotopic (exact) mass is 416 g/mol. The maximum absolute atomic E-state index is 13.3. The molecular formula is C20H28N6O4. The Hall–Kier alpha value is -3.17. The van der Waals surface area contributed by atoms with E-state index in [2.05, 4.69) is 21.7 Å². The molecule has 0 amide bonds. The van der Waals surface area contributed by atoms with Crippen molar-refractivity contribution < 1.29 is 9.53 Å². The van der Waals surface area contributed by atoms with Crippen LogP contribution >= 0.6 is 0 Å². The number of carbonyl (C=O) groups is 1. The third kappa shape index (κ3) is 3.46. The summed E-state index contributed by atoms with van der Waals surface area (Å²) in [5.41, 5.74) is 2.19. The van der Waals surface area contributed by atoms with E-state index in [-0.39, 0.29) is 11.2 Å². The third-order valence-corrected chi connectivity index (χ3v) is 5.56. The van der Waals surface area contributed by atoms with E-state index in [0.29, 0.717) is 12.5 Å². The number of ether oxygens (including phenoxy) is 1. The molecule has 3 aromatic heterocycles. The van der Waals surface area contributed by atoms with Crippen molar-refractivity contribution in [2.45, 2.75) is 60.0 Å². The van der Waals surface area contributed by atoms with Crippen molar-refractivity contribution in [3.63, 3.8) is 0 Å². The van der Waals surface area contributed by atoms with Gasteiger partial charge in [0.05, 0.1) is 12.8 Å². The fraction of sp³-hybridized carbons (Fsp3) is 0.550. The Kier molecular flexibility index (Phi) is 5.95. The van der Waals surface area contributed by atoms with E-state index in [9.17, 15) is 14.4 Å². The molecular weight excluding hydrogens is 388 g/mol. The second-order valence-electron chi connectivity index (χ2n) is 7.46. The van der Waals surface area contributed by atoms with E-state index in [1.54, 1.807) is 9.25 Å². The molecule has 3 heterocycles. The fourth-order valence-corrected chi connectivity index (χ4v) is 3.50. The maximum Gasteiger partial charge on any atom is 0.333 e. The Morgan fingerprint density at radius 2 is 1.80 bits per heavy atom. The molecule has 0 bridgehead atoms. The lowest BCUT2D eigenvalue weighted by Gasteiger charge is -2.11. The summed E-state index contributed by atoms with van der Waals surface area (Å²) in [5.74, 6) is -0.183. The molecule has 0 saturated heterocycles. The topological polar surface area (TPSA) is 106 Å². The first-order chi connectivity index (χ1) is 14.2. The molecule has 0 N–H and O–H groups in total. The van der Waals surface area contributed by atoms with Crippen LogP contribution in [0.2, 0.25) is 0 Å². The molecule has 3 aromatic rings. The maximum atomic E-state index is 13.3. The summed E-state index contributed by atoms with van der Waals surface area (Å²) in [6.45, 7) is 8.04. The quantitative estimate of drug-likeness (QED) is 0.425. The minimum absolute atomic E-state index is 0.267. The van der Waals surface area contributed by atoms with Gasteiger partial charge in [-0.2, -0.15) is 10.1 Å². The molecule has 0 radical (unpaired) electrons. The zero-order valence-corrected chi connectivity index (χ0v) is 18.4. The molecule has 0 atom stereocenters. The average Bonchev–Trinajstić information content (AvgIpc) is 3.22. The number of esters is 1. The molecule has 0 unspecified atom stereocenters. The van der Waals surface area contributed by atoms with Crippen molar-refractivity contribution in [2.75, 3.05) is 7.11 Å². The Bertz CT molecular complexity index is 1230. The number of nitrogens with zero attached hydrogens (tertiary/aromatic N) is 6. The lowest BCUT2D eigenvalue weighted by molar-refractivity contribution is -0.141. The van der Waals surface area contributed by atoms with Crippen molar-refractivity contribution in [1.29, 1.82) is 0 Å². The number of hydrogen-bond acceptors (Lipinski definition) is 6. The number of unbranched alkanes of at least 4 members (excludes halogenated alkanes) is 2. The lowest BCUT2D eigenvalue weighted by Crippen LogP contribution is -2.41. The van der Waals surface area contributed by atoms with E-state index in [1.165, 1.54) is 18.7 Å². The number of imidazole rings is 1. The van der Waals surface area contributed by atoms with Crippen LogP contribution in [0.1, 0.15) is 43.1 Å². The standard InChI is InChI=1S/C20H28N6O4/c1-7-8-9-10-24-16-17(21-19(24)26-14(4)12(2)13(3)22-26)23(5)20(29)25(18(16)28)11-15(27)30-6/h7-11H2,1-6H3. The molecule has 0 spiro atoms. The number of methoxy groups -OCH3 is 1. The molecule has 30 heavy (non-hydrogen) atoms. The fourth-order valence-electron chi connectivity index (χ4n) is 3.50. The molecule has 0 aromatic carbocycles. The van der Waals surface area contributed by atoms with Crippen LogP contribution in [0.15, 0.2) is 9.59 Å². The minimum atomic E-state index is -0.667. The van der Waals surface area contributed by atoms with Gasteiger partial charge < -0.3 is 9.30 Å². The van der Waals surface area contributed by atoms with Crippen LogP contribution in [0, 0.1) is 20.8 Å². The molecule has 0 aliphatic rings. The lowest BCUT2D eigenvalue weighted by atomic mass is 10.2. The summed E-state index contributed by atoms with van der Waals surface area (Å²) in [6, 6.07) is 0. The first-order valence-electron chi connectivity index (χ1n) is 10.0. The van der Waals surface area contributed by atoms with Gasteiger partial charge in [0.1, 0.15) is 6.54 Å². The van der Waals surface area contributed by atoms with Crippen LogP contribution in [0.4, 0.5) is 0 Å². The van der Waals surface area contributed by atoms with Crippen LogP contribution in [0.5, 0.6) is 0 Å². The highest BCUT2D eigenvalue weighted by Gasteiger charge is 2.24. The molecule has 3 rings (SSSR count). The van der Waals surface area contributed by atoms with Crippen LogP contribution in [0.25, 0.3) is 17.1 Å². The van der Waals surface area contributed by atoms with E-state index in [1.807, 2.05) is 20.8 Å². The van der Waals surface area contributed by atoms with Gasteiger partial charge in [0.2, 0.25) is 5.95 Å². The van der Waals surface area contributed by atoms with E-state index in [0.717, 1.165) is 40.8 Å². The van der Waals surface area contributed by atoms with Crippen LogP contribution in [0.3, 0.4) is 0 Å². The number of aryl methyl sites for hydroxylation is 3. The highest BCUT2D eigenvalue weighted by atomic mass is 16.5. The Balaban J connectivity index is 2.36. The van der Waals surface area contributed by atoms with Gasteiger partial charge in [0.25, 0.3) is 5.56 Å². The summed E-state index contributed by atoms with van der Waals surface area (Å²) in [5, 5.41) is 4.59. The van der Waals surface area contributed by atoms with Gasteiger partial charge in [-0.3, -0.25) is 14.2 Å².